The molecule has 0 aliphatic carbocycles. The number of halogens is 1. The van der Waals surface area contributed by atoms with Crippen LogP contribution < -0.4 is 5.32 Å². The van der Waals surface area contributed by atoms with Crippen molar-refractivity contribution >= 4 is 23.7 Å². The van der Waals surface area contributed by atoms with Crippen LogP contribution in [0.25, 0.3) is 11.1 Å². The van der Waals surface area contributed by atoms with E-state index in [-0.39, 0.29) is 19.4 Å². The number of aliphatic carboxylic acids is 1. The first-order chi connectivity index (χ1) is 14.9. The maximum Gasteiger partial charge on any atom is 0.407 e. The van der Waals surface area contributed by atoms with Crippen molar-refractivity contribution in [3.05, 3.63) is 59.1 Å². The van der Waals surface area contributed by atoms with E-state index >= 15 is 0 Å². The van der Waals surface area contributed by atoms with Crippen molar-refractivity contribution in [3.8, 4) is 11.1 Å². The molecule has 0 aliphatic heterocycles. The number of benzene rings is 2. The average Bonchev–Trinajstić information content (AvgIpc) is 2.67. The number of carboxylic acids is 1. The van der Waals surface area contributed by atoms with Gasteiger partial charge in [0.25, 0.3) is 0 Å². The van der Waals surface area contributed by atoms with Crippen LogP contribution in [0.2, 0.25) is 5.02 Å². The Kier molecular flexibility index (Phi) is 8.70. The van der Waals surface area contributed by atoms with Crippen molar-refractivity contribution in [2.75, 3.05) is 6.61 Å². The minimum atomic E-state index is -1.19. The van der Waals surface area contributed by atoms with E-state index in [2.05, 4.69) is 5.32 Å². The van der Waals surface area contributed by atoms with Crippen LogP contribution in [-0.2, 0) is 16.0 Å². The zero-order valence-corrected chi connectivity index (χ0v) is 19.8. The summed E-state index contributed by atoms with van der Waals surface area (Å²) >= 11 is 6.08. The lowest BCUT2D eigenvalue weighted by molar-refractivity contribution is -0.149. The lowest BCUT2D eigenvalue weighted by Gasteiger charge is -2.30. The zero-order chi connectivity index (χ0) is 23.9. The maximum absolute atomic E-state index is 12.4. The van der Waals surface area contributed by atoms with Crippen molar-refractivity contribution in [2.45, 2.75) is 58.6 Å². The molecule has 0 spiro atoms. The predicted octanol–water partition coefficient (Wildman–Crippen LogP) is 5.31. The molecule has 0 heterocycles. The van der Waals surface area contributed by atoms with Gasteiger partial charge in [-0.25, -0.2) is 4.79 Å². The largest absolute Gasteiger partial charge is 0.481 e. The molecule has 0 aliphatic rings. The average molecular weight is 462 g/mol. The smallest absolute Gasteiger partial charge is 0.407 e. The molecule has 7 heteroatoms. The highest BCUT2D eigenvalue weighted by Gasteiger charge is 2.36. The van der Waals surface area contributed by atoms with Gasteiger partial charge in [0.05, 0.1) is 5.41 Å². The van der Waals surface area contributed by atoms with Gasteiger partial charge in [-0.05, 0) is 75.8 Å². The number of amides is 1. The standard InChI is InChI=1S/C25H32ClNO5/c1-24(2,3)32-23(31)27-21(16-25(4,12-13-28)22(29)30)14-17-8-10-18(11-9-17)19-6-5-7-20(26)15-19/h5-11,15,21,28H,12-14,16H2,1-4H3,(H,27,31)(H,29,30)/t21-,25?/m1/s1. The monoisotopic (exact) mass is 461 g/mol. The number of aliphatic hydroxyl groups excluding tert-OH is 1. The normalized spacial score (nSPS) is 14.3. The summed E-state index contributed by atoms with van der Waals surface area (Å²) in [7, 11) is 0. The Hall–Kier alpha value is -2.57. The van der Waals surface area contributed by atoms with Crippen molar-refractivity contribution in [2.24, 2.45) is 5.41 Å². The molecule has 0 radical (unpaired) electrons. The summed E-state index contributed by atoms with van der Waals surface area (Å²) in [6, 6.07) is 14.9. The Morgan fingerprint density at radius 2 is 1.72 bits per heavy atom. The second-order valence-electron chi connectivity index (χ2n) is 9.30. The minimum absolute atomic E-state index is 0.0858. The van der Waals surface area contributed by atoms with Gasteiger partial charge >= 0.3 is 12.1 Å². The topological polar surface area (TPSA) is 95.9 Å². The fraction of sp³-hybridized carbons (Fsp3) is 0.440. The lowest BCUT2D eigenvalue weighted by atomic mass is 9.79. The van der Waals surface area contributed by atoms with Crippen molar-refractivity contribution in [1.29, 1.82) is 0 Å². The van der Waals surface area contributed by atoms with Crippen LogP contribution in [0.3, 0.4) is 0 Å². The van der Waals surface area contributed by atoms with Gasteiger partial charge in [0.15, 0.2) is 0 Å². The minimum Gasteiger partial charge on any atom is -0.481 e. The molecule has 6 nitrogen and oxygen atoms in total. The van der Waals surface area contributed by atoms with Crippen LogP contribution in [-0.4, -0.2) is 40.5 Å². The molecule has 0 saturated heterocycles. The fourth-order valence-electron chi connectivity index (χ4n) is 3.52. The first kappa shape index (κ1) is 25.7. The number of nitrogens with one attached hydrogen (secondary N) is 1. The molecular weight excluding hydrogens is 430 g/mol. The SMILES string of the molecule is CC(C)(C)OC(=O)N[C@H](Cc1ccc(-c2cccc(Cl)c2)cc1)CC(C)(CCO)C(=O)O. The Morgan fingerprint density at radius 1 is 1.06 bits per heavy atom. The zero-order valence-electron chi connectivity index (χ0n) is 19.0. The van der Waals surface area contributed by atoms with E-state index in [0.29, 0.717) is 11.4 Å². The summed E-state index contributed by atoms with van der Waals surface area (Å²) in [5.41, 5.74) is 1.08. The molecule has 0 bridgehead atoms. The number of carbonyl (C=O) groups is 2. The quantitative estimate of drug-likeness (QED) is 0.470. The molecule has 2 atom stereocenters. The van der Waals surface area contributed by atoms with Gasteiger partial charge in [-0.15, -0.1) is 0 Å². The molecule has 0 aromatic heterocycles. The number of carboxylic acid groups (broad SMARTS) is 1. The number of hydrogen-bond donors (Lipinski definition) is 3. The summed E-state index contributed by atoms with van der Waals surface area (Å²) in [6.45, 7) is 6.63. The molecular formula is C25H32ClNO5. The Morgan fingerprint density at radius 3 is 2.25 bits per heavy atom. The second-order valence-corrected chi connectivity index (χ2v) is 9.73. The Bertz CT molecular complexity index is 923. The Balaban J connectivity index is 2.22. The molecule has 1 amide bonds. The van der Waals surface area contributed by atoms with E-state index in [9.17, 15) is 19.8 Å². The number of alkyl carbamates (subject to hydrolysis) is 1. The number of ether oxygens (including phenoxy) is 1. The highest BCUT2D eigenvalue weighted by Crippen LogP contribution is 2.30. The molecule has 2 aromatic rings. The number of carbonyl (C=O) groups excluding carboxylic acids is 1. The predicted molar refractivity (Wildman–Crippen MR) is 126 cm³/mol. The summed E-state index contributed by atoms with van der Waals surface area (Å²) in [5.74, 6) is -1.01. The molecule has 0 saturated carbocycles. The third-order valence-corrected chi connectivity index (χ3v) is 5.43. The van der Waals surface area contributed by atoms with Crippen LogP contribution >= 0.6 is 11.6 Å². The van der Waals surface area contributed by atoms with E-state index in [0.717, 1.165) is 16.7 Å². The van der Waals surface area contributed by atoms with Gasteiger partial charge in [0.1, 0.15) is 5.60 Å². The Labute approximate surface area is 194 Å². The number of aliphatic hydroxyl groups is 1. The van der Waals surface area contributed by atoms with E-state index < -0.39 is 29.1 Å². The molecule has 2 aromatic carbocycles. The van der Waals surface area contributed by atoms with Gasteiger partial charge in [0, 0.05) is 17.7 Å². The maximum atomic E-state index is 12.4. The van der Waals surface area contributed by atoms with Gasteiger partial charge in [-0.2, -0.15) is 0 Å². The van der Waals surface area contributed by atoms with Crippen LogP contribution in [0.4, 0.5) is 4.79 Å². The van der Waals surface area contributed by atoms with Crippen molar-refractivity contribution < 1.29 is 24.5 Å². The molecule has 32 heavy (non-hydrogen) atoms. The molecule has 0 fully saturated rings. The van der Waals surface area contributed by atoms with Gasteiger partial charge in [0.2, 0.25) is 0 Å². The van der Waals surface area contributed by atoms with E-state index in [4.69, 9.17) is 16.3 Å². The van der Waals surface area contributed by atoms with Crippen LogP contribution in [0.5, 0.6) is 0 Å². The van der Waals surface area contributed by atoms with Crippen molar-refractivity contribution in [3.63, 3.8) is 0 Å². The molecule has 3 N–H and O–H groups in total. The number of hydrogen-bond acceptors (Lipinski definition) is 4. The van der Waals surface area contributed by atoms with E-state index in [1.54, 1.807) is 27.7 Å². The first-order valence-corrected chi connectivity index (χ1v) is 11.0. The third-order valence-electron chi connectivity index (χ3n) is 5.19. The van der Waals surface area contributed by atoms with Crippen LogP contribution in [0.15, 0.2) is 48.5 Å². The highest BCUT2D eigenvalue weighted by atomic mass is 35.5. The van der Waals surface area contributed by atoms with E-state index in [1.165, 1.54) is 0 Å². The summed E-state index contributed by atoms with van der Waals surface area (Å²) < 4.78 is 5.37. The van der Waals surface area contributed by atoms with E-state index in [1.807, 2.05) is 48.5 Å². The van der Waals surface area contributed by atoms with Crippen LogP contribution in [0.1, 0.15) is 46.1 Å². The summed E-state index contributed by atoms with van der Waals surface area (Å²) in [4.78, 5) is 24.3. The third kappa shape index (κ3) is 7.84. The fourth-order valence-corrected chi connectivity index (χ4v) is 3.71. The lowest BCUT2D eigenvalue weighted by Crippen LogP contribution is -2.44. The summed E-state index contributed by atoms with van der Waals surface area (Å²) in [5, 5.41) is 22.6. The van der Waals surface area contributed by atoms with Gasteiger partial charge in [-0.1, -0.05) is 48.0 Å². The molecule has 1 unspecified atom stereocenters. The molecule has 174 valence electrons. The highest BCUT2D eigenvalue weighted by molar-refractivity contribution is 6.30. The van der Waals surface area contributed by atoms with Gasteiger partial charge < -0.3 is 20.3 Å². The van der Waals surface area contributed by atoms with Gasteiger partial charge in [-0.3, -0.25) is 4.79 Å². The number of rotatable bonds is 9. The van der Waals surface area contributed by atoms with Crippen molar-refractivity contribution in [1.82, 2.24) is 5.32 Å². The summed E-state index contributed by atoms with van der Waals surface area (Å²) in [6.07, 6.45) is 0.0548. The molecule has 2 rings (SSSR count). The first-order valence-electron chi connectivity index (χ1n) is 10.6. The van der Waals surface area contributed by atoms with Crippen LogP contribution in [0, 0.1) is 5.41 Å². The second kappa shape index (κ2) is 10.8.